The minimum absolute atomic E-state index is 0.0664. The summed E-state index contributed by atoms with van der Waals surface area (Å²) in [5, 5.41) is 10.2. The van der Waals surface area contributed by atoms with E-state index >= 15 is 0 Å². The molecule has 2 aliphatic heterocycles. The zero-order chi connectivity index (χ0) is 23.6. The minimum atomic E-state index is -1.56. The van der Waals surface area contributed by atoms with E-state index in [9.17, 15) is 24.3 Å². The Morgan fingerprint density at radius 3 is 2.71 bits per heavy atom. The second kappa shape index (κ2) is 7.18. The van der Waals surface area contributed by atoms with Crippen LogP contribution in [0.25, 0.3) is 11.0 Å². The molecule has 3 heterocycles. The summed E-state index contributed by atoms with van der Waals surface area (Å²) in [6.07, 6.45) is 1.74. The van der Waals surface area contributed by atoms with Gasteiger partial charge in [0.2, 0.25) is 11.6 Å². The van der Waals surface area contributed by atoms with Gasteiger partial charge in [-0.3, -0.25) is 14.5 Å². The van der Waals surface area contributed by atoms with Crippen LogP contribution < -0.4 is 10.5 Å². The number of hydrogen-bond acceptors (Lipinski definition) is 7. The van der Waals surface area contributed by atoms with Crippen LogP contribution in [-0.4, -0.2) is 39.5 Å². The van der Waals surface area contributed by atoms with Crippen molar-refractivity contribution in [3.05, 3.63) is 70.1 Å². The van der Waals surface area contributed by atoms with Gasteiger partial charge in [-0.15, -0.1) is 0 Å². The second-order valence-electron chi connectivity index (χ2n) is 8.82. The predicted octanol–water partition coefficient (Wildman–Crippen LogP) is 2.68. The number of esters is 1. The van der Waals surface area contributed by atoms with Gasteiger partial charge in [-0.05, 0) is 37.1 Å². The highest BCUT2D eigenvalue weighted by Gasteiger charge is 2.64. The maximum absolute atomic E-state index is 13.7. The van der Waals surface area contributed by atoms with Crippen molar-refractivity contribution >= 4 is 34.4 Å². The molecule has 0 radical (unpaired) electrons. The number of ether oxygens (including phenoxy) is 1. The Kier molecular flexibility index (Phi) is 4.32. The highest BCUT2D eigenvalue weighted by molar-refractivity contribution is 6.15. The SMILES string of the molecule is O=C1CC[C@@]2(C(=O)OCc3cc(=O)oc4cc(O)ccc34)N1c1ccccc1C(=O)N2C1CC1. The summed E-state index contributed by atoms with van der Waals surface area (Å²) in [6, 6.07) is 12.2. The summed E-state index contributed by atoms with van der Waals surface area (Å²) < 4.78 is 10.9. The fourth-order valence-corrected chi connectivity index (χ4v) is 5.11. The Balaban J connectivity index is 1.41. The molecule has 1 aromatic heterocycles. The average Bonchev–Trinajstić information content (AvgIpc) is 3.59. The van der Waals surface area contributed by atoms with Crippen LogP contribution in [0.5, 0.6) is 5.75 Å². The number of phenols is 1. The number of aromatic hydroxyl groups is 1. The summed E-state index contributed by atoms with van der Waals surface area (Å²) >= 11 is 0. The predicted molar refractivity (Wildman–Crippen MR) is 119 cm³/mol. The molecular weight excluding hydrogens is 440 g/mol. The number of carbonyl (C=O) groups is 3. The monoisotopic (exact) mass is 460 g/mol. The van der Waals surface area contributed by atoms with E-state index in [0.717, 1.165) is 12.8 Å². The molecule has 172 valence electrons. The molecular formula is C25H20N2O7. The molecule has 6 rings (SSSR count). The van der Waals surface area contributed by atoms with E-state index in [-0.39, 0.29) is 48.6 Å². The highest BCUT2D eigenvalue weighted by atomic mass is 16.5. The van der Waals surface area contributed by atoms with Crippen LogP contribution in [-0.2, 0) is 20.9 Å². The Hall–Kier alpha value is -4.14. The fraction of sp³-hybridized carbons (Fsp3) is 0.280. The molecule has 1 atom stereocenters. The maximum Gasteiger partial charge on any atom is 0.354 e. The zero-order valence-electron chi connectivity index (χ0n) is 18.0. The smallest absolute Gasteiger partial charge is 0.354 e. The quantitative estimate of drug-likeness (QED) is 0.470. The molecule has 2 amide bonds. The van der Waals surface area contributed by atoms with Gasteiger partial charge in [0.1, 0.15) is 17.9 Å². The Bertz CT molecular complexity index is 1440. The van der Waals surface area contributed by atoms with E-state index in [1.807, 2.05) is 0 Å². The number of para-hydroxylation sites is 1. The summed E-state index contributed by atoms with van der Waals surface area (Å²) in [7, 11) is 0. The Labute approximate surface area is 193 Å². The van der Waals surface area contributed by atoms with Crippen LogP contribution in [0.4, 0.5) is 5.69 Å². The van der Waals surface area contributed by atoms with Crippen molar-refractivity contribution in [2.24, 2.45) is 0 Å². The molecule has 1 aliphatic carbocycles. The molecule has 3 aromatic rings. The lowest BCUT2D eigenvalue weighted by molar-refractivity contribution is -0.159. The van der Waals surface area contributed by atoms with Crippen molar-refractivity contribution in [3.8, 4) is 5.75 Å². The summed E-state index contributed by atoms with van der Waals surface area (Å²) in [6.45, 7) is -0.260. The van der Waals surface area contributed by atoms with E-state index < -0.39 is 17.3 Å². The van der Waals surface area contributed by atoms with Crippen molar-refractivity contribution in [2.75, 3.05) is 4.90 Å². The van der Waals surface area contributed by atoms with Gasteiger partial charge in [0.05, 0.1) is 11.3 Å². The Morgan fingerprint density at radius 1 is 1.12 bits per heavy atom. The van der Waals surface area contributed by atoms with Gasteiger partial charge >= 0.3 is 11.6 Å². The largest absolute Gasteiger partial charge is 0.508 e. The normalized spacial score (nSPS) is 21.5. The van der Waals surface area contributed by atoms with Gasteiger partial charge in [-0.1, -0.05) is 12.1 Å². The van der Waals surface area contributed by atoms with Gasteiger partial charge in [0, 0.05) is 42.0 Å². The first-order chi connectivity index (χ1) is 16.4. The Morgan fingerprint density at radius 2 is 1.91 bits per heavy atom. The van der Waals surface area contributed by atoms with E-state index in [4.69, 9.17) is 9.15 Å². The lowest BCUT2D eigenvalue weighted by atomic mass is 9.96. The summed E-state index contributed by atoms with van der Waals surface area (Å²) in [5.41, 5.74) is -0.855. The van der Waals surface area contributed by atoms with Crippen LogP contribution in [0.3, 0.4) is 0 Å². The third kappa shape index (κ3) is 2.86. The third-order valence-electron chi connectivity index (χ3n) is 6.71. The summed E-state index contributed by atoms with van der Waals surface area (Å²) in [4.78, 5) is 55.2. The van der Waals surface area contributed by atoms with E-state index in [1.165, 1.54) is 28.0 Å². The first-order valence-corrected chi connectivity index (χ1v) is 11.1. The van der Waals surface area contributed by atoms with Crippen LogP contribution in [0.2, 0.25) is 0 Å². The van der Waals surface area contributed by atoms with Gasteiger partial charge in [0.25, 0.3) is 5.91 Å². The van der Waals surface area contributed by atoms with Crippen molar-refractivity contribution in [3.63, 3.8) is 0 Å². The molecule has 2 fully saturated rings. The van der Waals surface area contributed by atoms with Crippen LogP contribution >= 0.6 is 0 Å². The zero-order valence-corrected chi connectivity index (χ0v) is 18.0. The lowest BCUT2D eigenvalue weighted by Gasteiger charge is -2.48. The van der Waals surface area contributed by atoms with E-state index in [1.54, 1.807) is 30.3 Å². The van der Waals surface area contributed by atoms with Gasteiger partial charge < -0.3 is 19.2 Å². The van der Waals surface area contributed by atoms with Crippen molar-refractivity contribution < 1.29 is 28.6 Å². The van der Waals surface area contributed by atoms with Crippen molar-refractivity contribution in [2.45, 2.75) is 44.0 Å². The third-order valence-corrected chi connectivity index (χ3v) is 6.71. The number of carbonyl (C=O) groups excluding carboxylic acids is 3. The van der Waals surface area contributed by atoms with E-state index in [0.29, 0.717) is 22.2 Å². The molecule has 34 heavy (non-hydrogen) atoms. The molecule has 2 aromatic carbocycles. The molecule has 9 heteroatoms. The number of rotatable bonds is 4. The first kappa shape index (κ1) is 20.5. The van der Waals surface area contributed by atoms with Crippen LogP contribution in [0.15, 0.2) is 57.7 Å². The number of anilines is 1. The van der Waals surface area contributed by atoms with Gasteiger partial charge in [-0.25, -0.2) is 9.59 Å². The fourth-order valence-electron chi connectivity index (χ4n) is 5.11. The topological polar surface area (TPSA) is 117 Å². The molecule has 1 saturated carbocycles. The number of fused-ring (bicyclic) bond motifs is 4. The van der Waals surface area contributed by atoms with Crippen molar-refractivity contribution in [1.82, 2.24) is 4.90 Å². The number of benzene rings is 2. The first-order valence-electron chi connectivity index (χ1n) is 11.1. The van der Waals surface area contributed by atoms with Crippen molar-refractivity contribution in [1.29, 1.82) is 0 Å². The molecule has 9 nitrogen and oxygen atoms in total. The molecule has 0 unspecified atom stereocenters. The maximum atomic E-state index is 13.7. The lowest BCUT2D eigenvalue weighted by Crippen LogP contribution is -2.69. The molecule has 1 saturated heterocycles. The minimum Gasteiger partial charge on any atom is -0.508 e. The van der Waals surface area contributed by atoms with Gasteiger partial charge in [-0.2, -0.15) is 0 Å². The molecule has 3 aliphatic rings. The average molecular weight is 460 g/mol. The summed E-state index contributed by atoms with van der Waals surface area (Å²) in [5.74, 6) is -1.32. The van der Waals surface area contributed by atoms with Gasteiger partial charge in [0.15, 0.2) is 0 Å². The number of nitrogens with zero attached hydrogens (tertiary/aromatic N) is 2. The molecule has 0 spiro atoms. The van der Waals surface area contributed by atoms with Crippen LogP contribution in [0, 0.1) is 0 Å². The standard InChI is InChI=1S/C25H20N2O7/c28-16-7-8-17-14(11-22(30)34-20(17)12-16)13-33-24(32)25-10-9-21(29)27(25)19-4-2-1-3-18(19)23(31)26(25)15-5-6-15/h1-4,7-8,11-12,15,28H,5-6,9-10,13H2/t25-/m0/s1. The molecule has 1 N–H and O–H groups in total. The number of hydrogen-bond donors (Lipinski definition) is 1. The van der Waals surface area contributed by atoms with Crippen LogP contribution in [0.1, 0.15) is 41.6 Å². The highest BCUT2D eigenvalue weighted by Crippen LogP contribution is 2.49. The molecule has 0 bridgehead atoms. The number of phenolic OH excluding ortho intramolecular Hbond substituents is 1. The number of amides is 2. The second-order valence-corrected chi connectivity index (χ2v) is 8.82. The van der Waals surface area contributed by atoms with E-state index in [2.05, 4.69) is 0 Å².